The number of hydrogen-bond acceptors (Lipinski definition) is 4. The summed E-state index contributed by atoms with van der Waals surface area (Å²) < 4.78 is 0. The second kappa shape index (κ2) is 8.42. The van der Waals surface area contributed by atoms with Gasteiger partial charge in [-0.2, -0.15) is 0 Å². The summed E-state index contributed by atoms with van der Waals surface area (Å²) in [4.78, 5) is 33.1. The number of amides is 2. The van der Waals surface area contributed by atoms with Gasteiger partial charge in [0.1, 0.15) is 5.82 Å². The number of nitrogens with one attached hydrogen (secondary N) is 1. The molecule has 0 saturated carbocycles. The molecule has 2 aliphatic heterocycles. The molecule has 2 fully saturated rings. The Labute approximate surface area is 165 Å². The van der Waals surface area contributed by atoms with Gasteiger partial charge in [-0.25, -0.2) is 4.98 Å². The number of likely N-dealkylation sites (tertiary alicyclic amines) is 1. The lowest BCUT2D eigenvalue weighted by molar-refractivity contribution is -0.128. The Bertz CT molecular complexity index is 839. The maximum Gasteiger partial charge on any atom is 0.229 e. The van der Waals surface area contributed by atoms with Crippen LogP contribution in [0.1, 0.15) is 31.2 Å². The molecule has 2 saturated heterocycles. The van der Waals surface area contributed by atoms with E-state index in [9.17, 15) is 9.59 Å². The Morgan fingerprint density at radius 3 is 2.86 bits per heavy atom. The quantitative estimate of drug-likeness (QED) is 0.868. The smallest absolute Gasteiger partial charge is 0.229 e. The van der Waals surface area contributed by atoms with Gasteiger partial charge < -0.3 is 15.1 Å². The predicted octanol–water partition coefficient (Wildman–Crippen LogP) is 3.06. The topological polar surface area (TPSA) is 65.5 Å². The monoisotopic (exact) mass is 378 g/mol. The Morgan fingerprint density at radius 2 is 2.07 bits per heavy atom. The first-order valence-corrected chi connectivity index (χ1v) is 10.0. The molecule has 0 radical (unpaired) electrons. The van der Waals surface area contributed by atoms with Gasteiger partial charge >= 0.3 is 0 Å². The number of benzene rings is 1. The molecule has 1 atom stereocenters. The van der Waals surface area contributed by atoms with E-state index in [0.29, 0.717) is 19.5 Å². The molecular formula is C22H26N4O2. The van der Waals surface area contributed by atoms with Gasteiger partial charge in [0.25, 0.3) is 0 Å². The average Bonchev–Trinajstić information content (AvgIpc) is 3.13. The van der Waals surface area contributed by atoms with E-state index in [2.05, 4.69) is 15.2 Å². The van der Waals surface area contributed by atoms with E-state index in [1.807, 2.05) is 47.4 Å². The minimum absolute atomic E-state index is 0.0510. The van der Waals surface area contributed by atoms with E-state index in [1.165, 1.54) is 0 Å². The van der Waals surface area contributed by atoms with Crippen LogP contribution in [0.3, 0.4) is 0 Å². The zero-order valence-electron chi connectivity index (χ0n) is 16.0. The summed E-state index contributed by atoms with van der Waals surface area (Å²) in [5.74, 6) is 1.14. The molecule has 3 heterocycles. The number of nitrogens with zero attached hydrogens (tertiary/aromatic N) is 3. The van der Waals surface area contributed by atoms with E-state index in [-0.39, 0.29) is 17.7 Å². The molecule has 1 aromatic carbocycles. The molecule has 6 nitrogen and oxygen atoms in total. The molecule has 4 rings (SSSR count). The van der Waals surface area contributed by atoms with Crippen LogP contribution in [0.15, 0.2) is 48.7 Å². The van der Waals surface area contributed by atoms with E-state index in [4.69, 9.17) is 0 Å². The summed E-state index contributed by atoms with van der Waals surface area (Å²) in [5, 5.41) is 3.07. The van der Waals surface area contributed by atoms with Crippen LogP contribution >= 0.6 is 0 Å². The lowest BCUT2D eigenvalue weighted by Gasteiger charge is -2.32. The standard InChI is InChI=1S/C22H26N4O2/c27-21-10-5-13-26(21)15-17-6-3-8-19(14-17)24-22(28)18-7-4-12-25(16-18)20-9-1-2-11-23-20/h1-3,6,8-9,11,14,18H,4-5,7,10,12-13,15-16H2,(H,24,28)/t18-/m1/s1. The molecule has 0 bridgehead atoms. The molecule has 1 aromatic heterocycles. The number of pyridine rings is 1. The molecule has 0 spiro atoms. The van der Waals surface area contributed by atoms with Crippen molar-refractivity contribution in [2.45, 2.75) is 32.2 Å². The van der Waals surface area contributed by atoms with Crippen molar-refractivity contribution in [2.24, 2.45) is 5.92 Å². The van der Waals surface area contributed by atoms with Crippen LogP contribution in [0, 0.1) is 5.92 Å². The van der Waals surface area contributed by atoms with Crippen LogP contribution in [0.2, 0.25) is 0 Å². The van der Waals surface area contributed by atoms with Crippen molar-refractivity contribution in [3.63, 3.8) is 0 Å². The molecule has 0 unspecified atom stereocenters. The molecule has 6 heteroatoms. The van der Waals surface area contributed by atoms with Crippen molar-refractivity contribution in [1.82, 2.24) is 9.88 Å². The molecule has 1 N–H and O–H groups in total. The number of piperidine rings is 1. The second-order valence-electron chi connectivity index (χ2n) is 7.58. The first-order chi connectivity index (χ1) is 13.7. The van der Waals surface area contributed by atoms with Crippen LogP contribution in [0.4, 0.5) is 11.5 Å². The zero-order valence-corrected chi connectivity index (χ0v) is 16.0. The highest BCUT2D eigenvalue weighted by atomic mass is 16.2. The fourth-order valence-corrected chi connectivity index (χ4v) is 4.02. The van der Waals surface area contributed by atoms with E-state index in [0.717, 1.165) is 49.4 Å². The fraction of sp³-hybridized carbons (Fsp3) is 0.409. The van der Waals surface area contributed by atoms with Gasteiger partial charge in [0.05, 0.1) is 5.92 Å². The second-order valence-corrected chi connectivity index (χ2v) is 7.58. The van der Waals surface area contributed by atoms with Crippen LogP contribution in [-0.2, 0) is 16.1 Å². The summed E-state index contributed by atoms with van der Waals surface area (Å²) in [6.45, 7) is 3.05. The van der Waals surface area contributed by atoms with Gasteiger partial charge in [-0.1, -0.05) is 18.2 Å². The highest BCUT2D eigenvalue weighted by Gasteiger charge is 2.26. The Morgan fingerprint density at radius 1 is 1.14 bits per heavy atom. The highest BCUT2D eigenvalue weighted by Crippen LogP contribution is 2.23. The van der Waals surface area contributed by atoms with Crippen molar-refractivity contribution in [3.8, 4) is 0 Å². The first-order valence-electron chi connectivity index (χ1n) is 10.0. The molecule has 2 aliphatic rings. The van der Waals surface area contributed by atoms with Crippen molar-refractivity contribution >= 4 is 23.3 Å². The third-order valence-electron chi connectivity index (χ3n) is 5.50. The van der Waals surface area contributed by atoms with E-state index in [1.54, 1.807) is 6.20 Å². The minimum Gasteiger partial charge on any atom is -0.356 e. The number of anilines is 2. The van der Waals surface area contributed by atoms with Crippen molar-refractivity contribution in [3.05, 3.63) is 54.2 Å². The molecule has 2 amide bonds. The maximum absolute atomic E-state index is 12.8. The summed E-state index contributed by atoms with van der Waals surface area (Å²) in [6, 6.07) is 13.7. The van der Waals surface area contributed by atoms with Crippen LogP contribution in [-0.4, -0.2) is 41.3 Å². The van der Waals surface area contributed by atoms with Gasteiger partial charge in [0.2, 0.25) is 11.8 Å². The number of rotatable bonds is 5. The minimum atomic E-state index is -0.0560. The lowest BCUT2D eigenvalue weighted by Crippen LogP contribution is -2.41. The number of aromatic nitrogens is 1. The van der Waals surface area contributed by atoms with Crippen molar-refractivity contribution in [2.75, 3.05) is 29.9 Å². The SMILES string of the molecule is O=C(Nc1cccc(CN2CCCC2=O)c1)[C@@H]1CCCN(c2ccccn2)C1. The summed E-state index contributed by atoms with van der Waals surface area (Å²) in [7, 11) is 0. The third kappa shape index (κ3) is 4.32. The van der Waals surface area contributed by atoms with E-state index < -0.39 is 0 Å². The predicted molar refractivity (Wildman–Crippen MR) is 109 cm³/mol. The zero-order chi connectivity index (χ0) is 19.3. The van der Waals surface area contributed by atoms with Crippen LogP contribution in [0.25, 0.3) is 0 Å². The van der Waals surface area contributed by atoms with Gasteiger partial charge in [-0.3, -0.25) is 9.59 Å². The highest BCUT2D eigenvalue weighted by molar-refractivity contribution is 5.93. The van der Waals surface area contributed by atoms with Gasteiger partial charge in [0, 0.05) is 44.5 Å². The van der Waals surface area contributed by atoms with Gasteiger partial charge in [-0.15, -0.1) is 0 Å². The summed E-state index contributed by atoms with van der Waals surface area (Å²) in [6.07, 6.45) is 5.23. The normalized spacial score (nSPS) is 19.7. The third-order valence-corrected chi connectivity index (χ3v) is 5.50. The van der Waals surface area contributed by atoms with Crippen LogP contribution < -0.4 is 10.2 Å². The molecule has 2 aromatic rings. The number of carbonyl (C=O) groups excluding carboxylic acids is 2. The molecule has 146 valence electrons. The fourth-order valence-electron chi connectivity index (χ4n) is 4.02. The summed E-state index contributed by atoms with van der Waals surface area (Å²) in [5.41, 5.74) is 1.84. The molecule has 0 aliphatic carbocycles. The largest absolute Gasteiger partial charge is 0.356 e. The number of carbonyl (C=O) groups is 2. The van der Waals surface area contributed by atoms with Gasteiger partial charge in [0.15, 0.2) is 0 Å². The van der Waals surface area contributed by atoms with E-state index >= 15 is 0 Å². The Kier molecular flexibility index (Phi) is 5.55. The molecule has 28 heavy (non-hydrogen) atoms. The number of hydrogen-bond donors (Lipinski definition) is 1. The average molecular weight is 378 g/mol. The lowest BCUT2D eigenvalue weighted by atomic mass is 9.97. The van der Waals surface area contributed by atoms with Crippen molar-refractivity contribution < 1.29 is 9.59 Å². The van der Waals surface area contributed by atoms with Crippen molar-refractivity contribution in [1.29, 1.82) is 0 Å². The Balaban J connectivity index is 1.38. The van der Waals surface area contributed by atoms with Gasteiger partial charge in [-0.05, 0) is 49.1 Å². The summed E-state index contributed by atoms with van der Waals surface area (Å²) >= 11 is 0. The van der Waals surface area contributed by atoms with Crippen LogP contribution in [0.5, 0.6) is 0 Å². The molecular weight excluding hydrogens is 352 g/mol. The maximum atomic E-state index is 12.8. The Hall–Kier alpha value is -2.89. The first kappa shape index (κ1) is 18.5.